The Morgan fingerprint density at radius 1 is 1.10 bits per heavy atom. The number of rotatable bonds is 4. The van der Waals surface area contributed by atoms with Gasteiger partial charge >= 0.3 is 0 Å². The van der Waals surface area contributed by atoms with Crippen LogP contribution in [0, 0.1) is 13.8 Å². The number of aryl methyl sites for hydroxylation is 2. The number of hydrogen-bond acceptors (Lipinski definition) is 8. The molecule has 3 aromatic rings. The molecule has 0 bridgehead atoms. The highest BCUT2D eigenvalue weighted by Gasteiger charge is 2.14. The quantitative estimate of drug-likeness (QED) is 0.481. The third-order valence-corrected chi connectivity index (χ3v) is 7.32. The van der Waals surface area contributed by atoms with Crippen LogP contribution in [0.4, 0.5) is 0 Å². The second-order valence-corrected chi connectivity index (χ2v) is 9.04. The van der Waals surface area contributed by atoms with Gasteiger partial charge in [-0.15, -0.1) is 21.5 Å². The zero-order valence-electron chi connectivity index (χ0n) is 11.5. The first kappa shape index (κ1) is 15.5. The summed E-state index contributed by atoms with van der Waals surface area (Å²) in [5.41, 5.74) is 1.17. The van der Waals surface area contributed by atoms with Crippen molar-refractivity contribution in [1.82, 2.24) is 20.2 Å². The molecule has 9 heteroatoms. The van der Waals surface area contributed by atoms with E-state index in [9.17, 15) is 0 Å². The maximum Gasteiger partial charge on any atom is 0.175 e. The Labute approximate surface area is 143 Å². The maximum atomic E-state index is 6.31. The number of fused-ring (bicyclic) bond motifs is 1. The molecular formula is C12H11ClN4S4. The van der Waals surface area contributed by atoms with Gasteiger partial charge in [0, 0.05) is 4.88 Å². The van der Waals surface area contributed by atoms with E-state index in [1.54, 1.807) is 46.2 Å². The Bertz CT molecular complexity index is 798. The van der Waals surface area contributed by atoms with Gasteiger partial charge in [-0.25, -0.2) is 9.97 Å². The van der Waals surface area contributed by atoms with Crippen LogP contribution in [0.2, 0.25) is 5.15 Å². The molecule has 0 saturated carbocycles. The molecule has 0 saturated heterocycles. The number of halogens is 1. The molecular weight excluding hydrogens is 364 g/mol. The first-order chi connectivity index (χ1) is 10.1. The van der Waals surface area contributed by atoms with Gasteiger partial charge in [0.15, 0.2) is 8.68 Å². The predicted octanol–water partition coefficient (Wildman–Crippen LogP) is 4.83. The second-order valence-electron chi connectivity index (χ2n) is 4.22. The van der Waals surface area contributed by atoms with Gasteiger partial charge in [-0.3, -0.25) is 0 Å². The van der Waals surface area contributed by atoms with Gasteiger partial charge in [-0.05, 0) is 25.7 Å². The van der Waals surface area contributed by atoms with Crippen LogP contribution in [-0.4, -0.2) is 26.4 Å². The average Bonchev–Trinajstić information content (AvgIpc) is 3.02. The lowest BCUT2D eigenvalue weighted by atomic mass is 10.2. The molecule has 0 aliphatic rings. The molecule has 0 spiro atoms. The summed E-state index contributed by atoms with van der Waals surface area (Å²) >= 11 is 12.7. The van der Waals surface area contributed by atoms with E-state index in [2.05, 4.69) is 34.0 Å². The highest BCUT2D eigenvalue weighted by atomic mass is 35.5. The van der Waals surface area contributed by atoms with Crippen LogP contribution in [0.15, 0.2) is 8.68 Å². The molecule has 3 rings (SSSR count). The lowest BCUT2D eigenvalue weighted by Crippen LogP contribution is -1.93. The van der Waals surface area contributed by atoms with Crippen LogP contribution in [0.25, 0.3) is 10.2 Å². The van der Waals surface area contributed by atoms with E-state index in [-0.39, 0.29) is 0 Å². The summed E-state index contributed by atoms with van der Waals surface area (Å²) in [5.74, 6) is 1.38. The van der Waals surface area contributed by atoms with Crippen LogP contribution in [-0.2, 0) is 5.75 Å². The fraction of sp³-hybridized carbons (Fsp3) is 0.333. The Morgan fingerprint density at radius 2 is 1.86 bits per heavy atom. The van der Waals surface area contributed by atoms with Gasteiger partial charge in [0.25, 0.3) is 0 Å². The fourth-order valence-electron chi connectivity index (χ4n) is 1.77. The molecule has 0 aliphatic carbocycles. The number of thioether (sulfide) groups is 2. The van der Waals surface area contributed by atoms with Gasteiger partial charge in [0.1, 0.15) is 15.8 Å². The van der Waals surface area contributed by atoms with E-state index in [1.165, 1.54) is 10.4 Å². The summed E-state index contributed by atoms with van der Waals surface area (Å²) in [7, 11) is 0. The van der Waals surface area contributed by atoms with Crippen LogP contribution < -0.4 is 0 Å². The third kappa shape index (κ3) is 3.19. The molecule has 0 aliphatic heterocycles. The van der Waals surface area contributed by atoms with Crippen molar-refractivity contribution >= 4 is 68.0 Å². The third-order valence-electron chi connectivity index (χ3n) is 2.92. The van der Waals surface area contributed by atoms with Crippen LogP contribution in [0.5, 0.6) is 0 Å². The van der Waals surface area contributed by atoms with E-state index < -0.39 is 0 Å². The van der Waals surface area contributed by atoms with Crippen molar-refractivity contribution in [1.29, 1.82) is 0 Å². The van der Waals surface area contributed by atoms with Gasteiger partial charge in [-0.2, -0.15) is 0 Å². The van der Waals surface area contributed by atoms with E-state index in [0.29, 0.717) is 10.9 Å². The second kappa shape index (κ2) is 6.37. The molecule has 21 heavy (non-hydrogen) atoms. The molecule has 3 heterocycles. The molecule has 0 atom stereocenters. The summed E-state index contributed by atoms with van der Waals surface area (Å²) < 4.78 is 1.90. The van der Waals surface area contributed by atoms with Crippen LogP contribution >= 0.6 is 57.8 Å². The zero-order valence-corrected chi connectivity index (χ0v) is 15.5. The van der Waals surface area contributed by atoms with E-state index >= 15 is 0 Å². The van der Waals surface area contributed by atoms with Crippen molar-refractivity contribution in [3.05, 3.63) is 21.4 Å². The van der Waals surface area contributed by atoms with Crippen molar-refractivity contribution in [3.63, 3.8) is 0 Å². The topological polar surface area (TPSA) is 51.6 Å². The summed E-state index contributed by atoms with van der Waals surface area (Å²) in [6.45, 7) is 4.14. The largest absolute Gasteiger partial charge is 0.221 e. The van der Waals surface area contributed by atoms with Crippen LogP contribution in [0.3, 0.4) is 0 Å². The Kier molecular flexibility index (Phi) is 4.70. The first-order valence-electron chi connectivity index (χ1n) is 6.01. The lowest BCUT2D eigenvalue weighted by Gasteiger charge is -2.00. The predicted molar refractivity (Wildman–Crippen MR) is 93.2 cm³/mol. The zero-order chi connectivity index (χ0) is 15.0. The van der Waals surface area contributed by atoms with Crippen molar-refractivity contribution < 1.29 is 0 Å². The molecule has 0 unspecified atom stereocenters. The van der Waals surface area contributed by atoms with Gasteiger partial charge in [-0.1, -0.05) is 46.5 Å². The van der Waals surface area contributed by atoms with Crippen molar-refractivity contribution in [2.24, 2.45) is 0 Å². The van der Waals surface area contributed by atoms with Gasteiger partial charge < -0.3 is 0 Å². The maximum absolute atomic E-state index is 6.31. The molecule has 0 fully saturated rings. The molecule has 0 N–H and O–H groups in total. The van der Waals surface area contributed by atoms with E-state index in [0.717, 1.165) is 24.7 Å². The minimum atomic E-state index is 0.541. The van der Waals surface area contributed by atoms with Crippen molar-refractivity contribution in [3.8, 4) is 0 Å². The minimum absolute atomic E-state index is 0.541. The van der Waals surface area contributed by atoms with E-state index in [1.807, 2.05) is 6.26 Å². The van der Waals surface area contributed by atoms with Crippen molar-refractivity contribution in [2.75, 3.05) is 6.26 Å². The number of aromatic nitrogens is 4. The molecule has 0 amide bonds. The molecule has 0 radical (unpaired) electrons. The Hall–Kier alpha value is -0.410. The number of nitrogens with zero attached hydrogens (tertiary/aromatic N) is 4. The average molecular weight is 375 g/mol. The highest BCUT2D eigenvalue weighted by Crippen LogP contribution is 2.34. The number of thiophene rings is 1. The highest BCUT2D eigenvalue weighted by molar-refractivity contribution is 8.02. The van der Waals surface area contributed by atoms with Crippen molar-refractivity contribution in [2.45, 2.75) is 28.3 Å². The lowest BCUT2D eigenvalue weighted by molar-refractivity contribution is 0.954. The normalized spacial score (nSPS) is 11.4. The Balaban J connectivity index is 1.84. The molecule has 3 aromatic heterocycles. The fourth-order valence-corrected chi connectivity index (χ4v) is 5.50. The summed E-state index contributed by atoms with van der Waals surface area (Å²) in [4.78, 5) is 11.2. The molecule has 110 valence electrons. The SMILES string of the molecule is CSc1nnc(SCc2nc(Cl)c3c(C)c(C)sc3n2)s1. The summed E-state index contributed by atoms with van der Waals surface area (Å²) in [5, 5.41) is 9.73. The Morgan fingerprint density at radius 3 is 2.57 bits per heavy atom. The summed E-state index contributed by atoms with van der Waals surface area (Å²) in [6, 6.07) is 0. The number of hydrogen-bond donors (Lipinski definition) is 0. The van der Waals surface area contributed by atoms with Crippen LogP contribution in [0.1, 0.15) is 16.3 Å². The summed E-state index contributed by atoms with van der Waals surface area (Å²) in [6.07, 6.45) is 1.99. The van der Waals surface area contributed by atoms with Gasteiger partial charge in [0.05, 0.1) is 11.1 Å². The first-order valence-corrected chi connectivity index (χ1v) is 10.2. The monoisotopic (exact) mass is 374 g/mol. The molecule has 0 aromatic carbocycles. The van der Waals surface area contributed by atoms with E-state index in [4.69, 9.17) is 11.6 Å². The minimum Gasteiger partial charge on any atom is -0.221 e. The van der Waals surface area contributed by atoms with Gasteiger partial charge in [0.2, 0.25) is 0 Å². The smallest absolute Gasteiger partial charge is 0.175 e. The standard InChI is InChI=1S/C12H11ClN4S4/c1-5-6(2)20-10-8(5)9(13)14-7(15-10)4-19-12-17-16-11(18-3)21-12/h4H2,1-3H3. The molecule has 4 nitrogen and oxygen atoms in total.